The lowest BCUT2D eigenvalue weighted by Crippen LogP contribution is -2.40. The van der Waals surface area contributed by atoms with Crippen LogP contribution in [0.1, 0.15) is 52.2 Å². The number of halogens is 1. The maximum Gasteiger partial charge on any atom is 0.337 e. The van der Waals surface area contributed by atoms with Gasteiger partial charge in [-0.2, -0.15) is 0 Å². The molecule has 0 aliphatic rings. The lowest BCUT2D eigenvalue weighted by atomic mass is 9.87. The lowest BCUT2D eigenvalue weighted by molar-refractivity contribution is 0.491. The Morgan fingerprint density at radius 1 is 1.03 bits per heavy atom. The van der Waals surface area contributed by atoms with Crippen molar-refractivity contribution in [1.82, 2.24) is 18.7 Å². The van der Waals surface area contributed by atoms with Crippen LogP contribution in [-0.4, -0.2) is 18.7 Å². The smallest absolute Gasteiger partial charge is 0.320 e. The van der Waals surface area contributed by atoms with Crippen molar-refractivity contribution in [2.75, 3.05) is 0 Å². The normalized spacial score (nSPS) is 12.1. The highest BCUT2D eigenvalue weighted by Crippen LogP contribution is 2.23. The molecule has 0 aliphatic heterocycles. The quantitative estimate of drug-likeness (QED) is 0.373. The summed E-state index contributed by atoms with van der Waals surface area (Å²) in [7, 11) is 0. The van der Waals surface area contributed by atoms with E-state index in [0.29, 0.717) is 40.9 Å². The monoisotopic (exact) mass is 478 g/mol. The van der Waals surface area contributed by atoms with Crippen LogP contribution in [-0.2, 0) is 18.5 Å². The van der Waals surface area contributed by atoms with Gasteiger partial charge >= 0.3 is 5.69 Å². The molecular weight excluding hydrogens is 448 g/mol. The summed E-state index contributed by atoms with van der Waals surface area (Å²) in [5.41, 5.74) is 2.98. The van der Waals surface area contributed by atoms with Gasteiger partial charge < -0.3 is 4.57 Å². The summed E-state index contributed by atoms with van der Waals surface area (Å²) < 4.78 is 4.64. The lowest BCUT2D eigenvalue weighted by Gasteiger charge is -2.19. The minimum absolute atomic E-state index is 0.0669. The van der Waals surface area contributed by atoms with Gasteiger partial charge in [-0.15, -0.1) is 0 Å². The summed E-state index contributed by atoms with van der Waals surface area (Å²) >= 11 is 6.22. The zero-order valence-electron chi connectivity index (χ0n) is 20.4. The summed E-state index contributed by atoms with van der Waals surface area (Å²) in [6.45, 7) is 11.5. The number of rotatable bonds is 6. The van der Waals surface area contributed by atoms with Crippen LogP contribution in [0, 0.1) is 5.92 Å². The van der Waals surface area contributed by atoms with E-state index < -0.39 is 5.69 Å². The summed E-state index contributed by atoms with van der Waals surface area (Å²) in [6.07, 6.45) is 2.36. The van der Waals surface area contributed by atoms with Gasteiger partial charge in [0.05, 0.1) is 12.0 Å². The van der Waals surface area contributed by atoms with Crippen LogP contribution in [0.25, 0.3) is 16.9 Å². The molecule has 2 aromatic carbocycles. The van der Waals surface area contributed by atoms with Gasteiger partial charge in [0.2, 0.25) is 0 Å². The highest BCUT2D eigenvalue weighted by atomic mass is 35.5. The van der Waals surface area contributed by atoms with Crippen molar-refractivity contribution in [3.05, 3.63) is 91.8 Å². The Kier molecular flexibility index (Phi) is 6.54. The van der Waals surface area contributed by atoms with Crippen LogP contribution in [0.15, 0.2) is 64.4 Å². The van der Waals surface area contributed by atoms with E-state index in [4.69, 9.17) is 11.6 Å². The van der Waals surface area contributed by atoms with Crippen LogP contribution < -0.4 is 11.2 Å². The van der Waals surface area contributed by atoms with Crippen molar-refractivity contribution in [3.63, 3.8) is 0 Å². The first-order chi connectivity index (χ1) is 16.1. The largest absolute Gasteiger partial charge is 0.337 e. The predicted molar refractivity (Wildman–Crippen MR) is 138 cm³/mol. The minimum Gasteiger partial charge on any atom is -0.320 e. The third-order valence-electron chi connectivity index (χ3n) is 6.07. The van der Waals surface area contributed by atoms with Crippen molar-refractivity contribution < 1.29 is 0 Å². The summed E-state index contributed by atoms with van der Waals surface area (Å²) in [4.78, 5) is 31.5. The van der Waals surface area contributed by atoms with Gasteiger partial charge in [-0.3, -0.25) is 9.36 Å². The van der Waals surface area contributed by atoms with Crippen LogP contribution in [0.4, 0.5) is 0 Å². The fourth-order valence-electron chi connectivity index (χ4n) is 4.04. The van der Waals surface area contributed by atoms with Crippen molar-refractivity contribution in [2.45, 2.75) is 59.5 Å². The molecule has 6 nitrogen and oxygen atoms in total. The fraction of sp³-hybridized carbons (Fsp3) is 0.370. The first kappa shape index (κ1) is 24.0. The van der Waals surface area contributed by atoms with Gasteiger partial charge in [0.25, 0.3) is 5.56 Å². The van der Waals surface area contributed by atoms with Gasteiger partial charge in [0, 0.05) is 18.1 Å². The molecule has 178 valence electrons. The maximum atomic E-state index is 13.5. The van der Waals surface area contributed by atoms with Gasteiger partial charge in [-0.25, -0.2) is 14.3 Å². The molecule has 34 heavy (non-hydrogen) atoms. The molecule has 0 saturated carbocycles. The Hall–Kier alpha value is -3.12. The molecule has 0 N–H and O–H groups in total. The molecule has 0 unspecified atom stereocenters. The number of imidazole rings is 1. The average Bonchev–Trinajstić information content (AvgIpc) is 3.16. The molecule has 0 atom stereocenters. The molecule has 0 bridgehead atoms. The highest BCUT2D eigenvalue weighted by Gasteiger charge is 2.20. The summed E-state index contributed by atoms with van der Waals surface area (Å²) in [6, 6.07) is 15.5. The van der Waals surface area contributed by atoms with E-state index >= 15 is 0 Å². The number of hydrogen-bond donors (Lipinski definition) is 0. The second kappa shape index (κ2) is 9.26. The molecular formula is C27H31ClN4O2. The predicted octanol–water partition coefficient (Wildman–Crippen LogP) is 5.39. The topological polar surface area (TPSA) is 61.8 Å². The molecule has 0 saturated heterocycles. The Balaban J connectivity index is 1.88. The molecule has 4 aromatic rings. The zero-order valence-corrected chi connectivity index (χ0v) is 21.1. The third-order valence-corrected chi connectivity index (χ3v) is 6.30. The van der Waals surface area contributed by atoms with Crippen molar-refractivity contribution in [2.24, 2.45) is 5.92 Å². The van der Waals surface area contributed by atoms with Crippen molar-refractivity contribution >= 4 is 22.8 Å². The molecule has 2 heterocycles. The molecule has 0 aliphatic carbocycles. The van der Waals surface area contributed by atoms with Gasteiger partial charge in [-0.1, -0.05) is 76.6 Å². The number of aromatic nitrogens is 4. The minimum atomic E-state index is -0.403. The van der Waals surface area contributed by atoms with Gasteiger partial charge in [0.15, 0.2) is 11.2 Å². The van der Waals surface area contributed by atoms with Gasteiger partial charge in [0.1, 0.15) is 0 Å². The Morgan fingerprint density at radius 2 is 1.74 bits per heavy atom. The second-order valence-corrected chi connectivity index (χ2v) is 10.7. The maximum absolute atomic E-state index is 13.5. The van der Waals surface area contributed by atoms with Crippen LogP contribution in [0.3, 0.4) is 0 Å². The first-order valence-corrected chi connectivity index (χ1v) is 12.0. The molecule has 2 aromatic heterocycles. The molecule has 7 heteroatoms. The Labute approximate surface area is 204 Å². The molecule has 4 rings (SSSR count). The number of benzene rings is 2. The Bertz CT molecular complexity index is 1440. The summed E-state index contributed by atoms with van der Waals surface area (Å²) in [5, 5.41) is 0.510. The van der Waals surface area contributed by atoms with Crippen LogP contribution in [0.2, 0.25) is 5.02 Å². The third kappa shape index (κ3) is 4.73. The molecule has 0 amide bonds. The number of fused-ring (bicyclic) bond motifs is 1. The van der Waals surface area contributed by atoms with Crippen LogP contribution >= 0.6 is 11.6 Å². The average molecular weight is 479 g/mol. The number of hydrogen-bond acceptors (Lipinski definition) is 3. The van der Waals surface area contributed by atoms with Crippen LogP contribution in [0.5, 0.6) is 0 Å². The molecule has 0 radical (unpaired) electrons. The second-order valence-electron chi connectivity index (χ2n) is 10.2. The summed E-state index contributed by atoms with van der Waals surface area (Å²) in [5.74, 6) is 0.354. The van der Waals surface area contributed by atoms with E-state index in [2.05, 4.69) is 63.9 Å². The first-order valence-electron chi connectivity index (χ1n) is 11.6. The van der Waals surface area contributed by atoms with E-state index in [1.54, 1.807) is 30.6 Å². The fourth-order valence-corrected chi connectivity index (χ4v) is 4.22. The Morgan fingerprint density at radius 3 is 2.35 bits per heavy atom. The number of nitrogens with zero attached hydrogens (tertiary/aromatic N) is 4. The van der Waals surface area contributed by atoms with E-state index in [-0.39, 0.29) is 11.0 Å². The van der Waals surface area contributed by atoms with Crippen molar-refractivity contribution in [1.29, 1.82) is 0 Å². The standard InChI is InChI=1S/C27H31ClN4O2/c1-18(2)13-14-31-25(33)23-24(32(26(31)34)22-8-6-7-21(28)15-22)29-17-30(23)16-19-9-11-20(12-10-19)27(3,4)5/h6-12,15,17-18H,13-14,16H2,1-5H3. The van der Waals surface area contributed by atoms with Crippen molar-refractivity contribution in [3.8, 4) is 5.69 Å². The van der Waals surface area contributed by atoms with E-state index in [9.17, 15) is 9.59 Å². The molecule has 0 fully saturated rings. The SMILES string of the molecule is CC(C)CCn1c(=O)c2c(ncn2Cc2ccc(C(C)(C)C)cc2)n(-c2cccc(Cl)c2)c1=O. The highest BCUT2D eigenvalue weighted by molar-refractivity contribution is 6.30. The molecule has 0 spiro atoms. The zero-order chi connectivity index (χ0) is 24.6. The van der Waals surface area contributed by atoms with E-state index in [0.717, 1.165) is 12.0 Å². The van der Waals surface area contributed by atoms with E-state index in [1.807, 2.05) is 4.57 Å². The van der Waals surface area contributed by atoms with Gasteiger partial charge in [-0.05, 0) is 47.1 Å². The van der Waals surface area contributed by atoms with E-state index in [1.165, 1.54) is 14.7 Å².